The van der Waals surface area contributed by atoms with E-state index in [-0.39, 0.29) is 0 Å². The van der Waals surface area contributed by atoms with Crippen LogP contribution in [0.4, 0.5) is 13.2 Å². The van der Waals surface area contributed by atoms with Gasteiger partial charge in [0.1, 0.15) is 0 Å². The third-order valence-electron chi connectivity index (χ3n) is 0.292. The molecule has 68 valence electrons. The number of alkyl halides is 3. The molecule has 0 aromatic rings. The maximum absolute atomic E-state index is 10.7. The molecule has 11 heavy (non-hydrogen) atoms. The second-order valence-corrected chi connectivity index (χ2v) is 2.88. The fourth-order valence-corrected chi connectivity index (χ4v) is 0. The Balaban J connectivity index is 0. The first kappa shape index (κ1) is 13.4. The number of hydrogen-bond acceptors (Lipinski definition) is 3. The molecule has 0 radical (unpaired) electrons. The second-order valence-electron chi connectivity index (χ2n) is 1.10. The summed E-state index contributed by atoms with van der Waals surface area (Å²) in [5.74, 6) is 0. The van der Waals surface area contributed by atoms with Crippen molar-refractivity contribution in [1.29, 1.82) is 0 Å². The third-order valence-corrected chi connectivity index (χ3v) is 0.877. The number of halogens is 3. The lowest BCUT2D eigenvalue weighted by Crippen LogP contribution is -2.21. The summed E-state index contributed by atoms with van der Waals surface area (Å²) >= 11 is 3.55. The van der Waals surface area contributed by atoms with Crippen LogP contribution >= 0.6 is 12.6 Å². The van der Waals surface area contributed by atoms with Crippen LogP contribution in [0.25, 0.3) is 0 Å². The zero-order valence-electron chi connectivity index (χ0n) is 5.04. The third kappa shape index (κ3) is 7.69. The van der Waals surface area contributed by atoms with Crippen LogP contribution in [0.15, 0.2) is 12.0 Å². The quantitative estimate of drug-likeness (QED) is 0.361. The molecule has 0 spiro atoms. The molecule has 0 amide bonds. The minimum absolute atomic E-state index is 1.44. The molecule has 0 heterocycles. The lowest BCUT2D eigenvalue weighted by Gasteiger charge is -1.97. The predicted octanol–water partition coefficient (Wildman–Crippen LogP) is 1.45. The summed E-state index contributed by atoms with van der Waals surface area (Å²) in [6.07, 6.45) is 0. The summed E-state index contributed by atoms with van der Waals surface area (Å²) in [6.45, 7) is 3.23. The second kappa shape index (κ2) is 4.62. The molecule has 0 aliphatic rings. The normalized spacial score (nSPS) is 11.4. The van der Waals surface area contributed by atoms with Crippen molar-refractivity contribution in [1.82, 2.24) is 0 Å². The Bertz CT molecular complexity index is 204. The fraction of sp³-hybridized carbons (Fsp3) is 0.333. The van der Waals surface area contributed by atoms with Gasteiger partial charge in [0.15, 0.2) is 0 Å². The van der Waals surface area contributed by atoms with Gasteiger partial charge in [-0.1, -0.05) is 6.58 Å². The Kier molecular flexibility index (Phi) is 5.63. The van der Waals surface area contributed by atoms with Crippen LogP contribution in [0.2, 0.25) is 0 Å². The van der Waals surface area contributed by atoms with Crippen molar-refractivity contribution < 1.29 is 26.1 Å². The summed E-state index contributed by atoms with van der Waals surface area (Å²) in [6, 6.07) is 0. The molecule has 0 fully saturated rings. The maximum atomic E-state index is 10.7. The average molecular weight is 210 g/mol. The molecule has 0 saturated carbocycles. The molecule has 0 aromatic heterocycles. The number of thiol groups is 1. The van der Waals surface area contributed by atoms with Crippen molar-refractivity contribution in [2.75, 3.05) is 0 Å². The largest absolute Gasteiger partial charge is 0.522 e. The first-order valence-electron chi connectivity index (χ1n) is 1.95. The standard InChI is InChI=1S/C2H4S.CHF3O3S/c1-2-3;2-1(3,4)8(5,6)7/h2-3H,1H2;(H,5,6,7). The van der Waals surface area contributed by atoms with E-state index < -0.39 is 15.6 Å². The van der Waals surface area contributed by atoms with Gasteiger partial charge in [-0.3, -0.25) is 4.55 Å². The highest BCUT2D eigenvalue weighted by molar-refractivity contribution is 7.86. The van der Waals surface area contributed by atoms with Crippen molar-refractivity contribution in [3.63, 3.8) is 0 Å². The van der Waals surface area contributed by atoms with Crippen LogP contribution in [-0.4, -0.2) is 18.5 Å². The van der Waals surface area contributed by atoms with Crippen LogP contribution in [0.5, 0.6) is 0 Å². The van der Waals surface area contributed by atoms with E-state index in [1.807, 2.05) is 0 Å². The minimum Gasteiger partial charge on any atom is -0.279 e. The first-order chi connectivity index (χ1) is 4.66. The SMILES string of the molecule is C=CS.O=S(=O)(O)C(F)(F)F. The summed E-state index contributed by atoms with van der Waals surface area (Å²) in [5.41, 5.74) is -5.53. The van der Waals surface area contributed by atoms with E-state index >= 15 is 0 Å². The van der Waals surface area contributed by atoms with Crippen LogP contribution in [-0.2, 0) is 10.1 Å². The molecular weight excluding hydrogens is 205 g/mol. The minimum atomic E-state index is -5.84. The van der Waals surface area contributed by atoms with Crippen LogP contribution in [0.1, 0.15) is 0 Å². The van der Waals surface area contributed by atoms with Crippen LogP contribution < -0.4 is 0 Å². The van der Waals surface area contributed by atoms with Crippen molar-refractivity contribution in [2.45, 2.75) is 5.51 Å². The molecule has 0 atom stereocenters. The van der Waals surface area contributed by atoms with E-state index in [9.17, 15) is 13.2 Å². The number of hydrogen-bond donors (Lipinski definition) is 2. The van der Waals surface area contributed by atoms with E-state index in [2.05, 4.69) is 19.2 Å². The van der Waals surface area contributed by atoms with Crippen LogP contribution in [0, 0.1) is 0 Å². The fourth-order valence-electron chi connectivity index (χ4n) is 0. The van der Waals surface area contributed by atoms with Crippen molar-refractivity contribution in [3.05, 3.63) is 12.0 Å². The molecule has 0 aliphatic carbocycles. The van der Waals surface area contributed by atoms with E-state index in [1.54, 1.807) is 0 Å². The van der Waals surface area contributed by atoms with Crippen molar-refractivity contribution in [2.24, 2.45) is 0 Å². The summed E-state index contributed by atoms with van der Waals surface area (Å²) < 4.78 is 57.5. The van der Waals surface area contributed by atoms with Gasteiger partial charge in [-0.15, -0.1) is 0 Å². The van der Waals surface area contributed by atoms with Gasteiger partial charge >= 0.3 is 15.6 Å². The monoisotopic (exact) mass is 210 g/mol. The lowest BCUT2D eigenvalue weighted by atomic mass is 11.3. The van der Waals surface area contributed by atoms with Gasteiger partial charge in [-0.25, -0.2) is 0 Å². The van der Waals surface area contributed by atoms with Gasteiger partial charge in [0, 0.05) is 0 Å². The molecule has 1 N–H and O–H groups in total. The van der Waals surface area contributed by atoms with Gasteiger partial charge in [0.25, 0.3) is 0 Å². The molecule has 0 rings (SSSR count). The van der Waals surface area contributed by atoms with Crippen LogP contribution in [0.3, 0.4) is 0 Å². The molecule has 3 nitrogen and oxygen atoms in total. The van der Waals surface area contributed by atoms with Gasteiger partial charge in [-0.2, -0.15) is 34.2 Å². The Morgan fingerprint density at radius 1 is 1.45 bits per heavy atom. The first-order valence-corrected chi connectivity index (χ1v) is 3.91. The van der Waals surface area contributed by atoms with E-state index in [1.165, 1.54) is 5.41 Å². The molecule has 0 unspecified atom stereocenters. The summed E-state index contributed by atoms with van der Waals surface area (Å²) in [5, 5.41) is 1.44. The highest BCUT2D eigenvalue weighted by Crippen LogP contribution is 2.20. The van der Waals surface area contributed by atoms with Gasteiger partial charge in [0.05, 0.1) is 0 Å². The van der Waals surface area contributed by atoms with Gasteiger partial charge in [-0.05, 0) is 5.41 Å². The van der Waals surface area contributed by atoms with Gasteiger partial charge < -0.3 is 0 Å². The molecule has 0 saturated heterocycles. The van der Waals surface area contributed by atoms with E-state index in [0.717, 1.165) is 0 Å². The predicted molar refractivity (Wildman–Crippen MR) is 36.8 cm³/mol. The molecule has 0 bridgehead atoms. The smallest absolute Gasteiger partial charge is 0.279 e. The molecule has 0 aromatic carbocycles. The molecular formula is C3H5F3O3S2. The van der Waals surface area contributed by atoms with Crippen molar-refractivity contribution in [3.8, 4) is 0 Å². The Hall–Kier alpha value is -0.210. The Labute approximate surface area is 67.1 Å². The van der Waals surface area contributed by atoms with E-state index in [0.29, 0.717) is 0 Å². The summed E-state index contributed by atoms with van der Waals surface area (Å²) in [4.78, 5) is 0. The van der Waals surface area contributed by atoms with Crippen molar-refractivity contribution >= 4 is 22.7 Å². The topological polar surface area (TPSA) is 54.4 Å². The Morgan fingerprint density at radius 3 is 1.55 bits per heavy atom. The molecule has 8 heteroatoms. The highest BCUT2D eigenvalue weighted by Gasteiger charge is 2.44. The zero-order valence-corrected chi connectivity index (χ0v) is 6.75. The van der Waals surface area contributed by atoms with Gasteiger partial charge in [0.2, 0.25) is 0 Å². The highest BCUT2D eigenvalue weighted by atomic mass is 32.2. The zero-order chi connectivity index (χ0) is 9.71. The summed E-state index contributed by atoms with van der Waals surface area (Å²) in [7, 11) is -5.84. The molecule has 0 aliphatic heterocycles. The Morgan fingerprint density at radius 2 is 1.55 bits per heavy atom. The van der Waals surface area contributed by atoms with E-state index in [4.69, 9.17) is 13.0 Å². The average Bonchev–Trinajstić information content (AvgIpc) is 1.60. The maximum Gasteiger partial charge on any atom is 0.522 e. The number of rotatable bonds is 0. The lowest BCUT2D eigenvalue weighted by molar-refractivity contribution is -0.0510.